The van der Waals surface area contributed by atoms with Crippen LogP contribution in [0.2, 0.25) is 0 Å². The van der Waals surface area contributed by atoms with Crippen molar-refractivity contribution in [3.8, 4) is 0 Å². The lowest BCUT2D eigenvalue weighted by Crippen LogP contribution is -2.53. The van der Waals surface area contributed by atoms with E-state index in [1.807, 2.05) is 73.8 Å². The number of benzene rings is 2. The van der Waals surface area contributed by atoms with Crippen LogP contribution in [0, 0.1) is 0 Å². The summed E-state index contributed by atoms with van der Waals surface area (Å²) in [6.07, 6.45) is 3.31. The fourth-order valence-electron chi connectivity index (χ4n) is 3.83. The van der Waals surface area contributed by atoms with Crippen LogP contribution in [0.4, 0.5) is 4.79 Å². The average Bonchev–Trinajstić information content (AvgIpc) is 2.87. The van der Waals surface area contributed by atoms with Crippen molar-refractivity contribution in [2.24, 2.45) is 0 Å². The quantitative estimate of drug-likeness (QED) is 0.368. The Balaban J connectivity index is 2.38. The Bertz CT molecular complexity index is 980. The summed E-state index contributed by atoms with van der Waals surface area (Å²) in [4.78, 5) is 41.9. The average molecular weight is 528 g/mol. The molecule has 0 saturated carbocycles. The maximum Gasteiger partial charge on any atom is 0.408 e. The van der Waals surface area contributed by atoms with E-state index < -0.39 is 23.8 Å². The molecule has 2 aromatic rings. The minimum Gasteiger partial charge on any atom is -0.444 e. The molecule has 202 valence electrons. The normalized spacial score (nSPS) is 12.8. The van der Waals surface area contributed by atoms with Crippen molar-refractivity contribution in [1.29, 1.82) is 0 Å². The Hall–Kier alpha value is -3.00. The summed E-state index contributed by atoms with van der Waals surface area (Å²) >= 11 is 1.59. The maximum absolute atomic E-state index is 14.0. The van der Waals surface area contributed by atoms with Crippen molar-refractivity contribution in [3.63, 3.8) is 0 Å². The molecule has 0 aliphatic heterocycles. The Labute approximate surface area is 225 Å². The zero-order valence-electron chi connectivity index (χ0n) is 22.7. The highest BCUT2D eigenvalue weighted by Gasteiger charge is 2.35. The van der Waals surface area contributed by atoms with E-state index in [-0.39, 0.29) is 11.8 Å². The minimum atomic E-state index is -0.832. The number of nitrogens with zero attached hydrogens (tertiary/aromatic N) is 1. The van der Waals surface area contributed by atoms with Gasteiger partial charge in [0.25, 0.3) is 0 Å². The number of hydrogen-bond donors (Lipinski definition) is 2. The van der Waals surface area contributed by atoms with E-state index >= 15 is 0 Å². The van der Waals surface area contributed by atoms with Gasteiger partial charge in [-0.25, -0.2) is 4.79 Å². The predicted octanol–water partition coefficient (Wildman–Crippen LogP) is 5.32. The zero-order valence-corrected chi connectivity index (χ0v) is 23.5. The van der Waals surface area contributed by atoms with Crippen molar-refractivity contribution in [3.05, 3.63) is 71.8 Å². The van der Waals surface area contributed by atoms with Crippen LogP contribution in [-0.2, 0) is 20.9 Å². The van der Waals surface area contributed by atoms with Crippen molar-refractivity contribution >= 4 is 29.7 Å². The van der Waals surface area contributed by atoms with Crippen LogP contribution in [-0.4, -0.2) is 53.0 Å². The molecule has 8 heteroatoms. The molecule has 0 spiro atoms. The van der Waals surface area contributed by atoms with Gasteiger partial charge >= 0.3 is 6.09 Å². The highest BCUT2D eigenvalue weighted by atomic mass is 32.2. The molecule has 2 N–H and O–H groups in total. The van der Waals surface area contributed by atoms with Gasteiger partial charge in [0.15, 0.2) is 0 Å². The molecular weight excluding hydrogens is 486 g/mol. The lowest BCUT2D eigenvalue weighted by atomic mass is 10.0. The van der Waals surface area contributed by atoms with E-state index in [1.54, 1.807) is 37.4 Å². The van der Waals surface area contributed by atoms with Crippen LogP contribution >= 0.6 is 11.8 Å². The number of thioether (sulfide) groups is 1. The van der Waals surface area contributed by atoms with E-state index in [9.17, 15) is 14.4 Å². The number of nitrogens with one attached hydrogen (secondary N) is 2. The summed E-state index contributed by atoms with van der Waals surface area (Å²) in [5.74, 6) is 0.113. The van der Waals surface area contributed by atoms with Gasteiger partial charge in [-0.3, -0.25) is 9.59 Å². The number of unbranched alkanes of at least 4 members (excludes halogenated alkanes) is 1. The first-order chi connectivity index (χ1) is 17.7. The van der Waals surface area contributed by atoms with Gasteiger partial charge in [0.1, 0.15) is 17.7 Å². The van der Waals surface area contributed by atoms with Crippen molar-refractivity contribution in [2.45, 2.75) is 71.2 Å². The highest BCUT2D eigenvalue weighted by Crippen LogP contribution is 2.24. The number of alkyl carbamates (subject to hydrolysis) is 1. The molecule has 2 rings (SSSR count). The second kappa shape index (κ2) is 15.3. The Morgan fingerprint density at radius 1 is 1.00 bits per heavy atom. The highest BCUT2D eigenvalue weighted by molar-refractivity contribution is 7.98. The van der Waals surface area contributed by atoms with E-state index in [4.69, 9.17) is 4.74 Å². The minimum absolute atomic E-state index is 0.264. The third-order valence-electron chi connectivity index (χ3n) is 5.62. The van der Waals surface area contributed by atoms with Crippen LogP contribution in [0.15, 0.2) is 60.7 Å². The van der Waals surface area contributed by atoms with Crippen molar-refractivity contribution < 1.29 is 19.1 Å². The molecule has 0 saturated heterocycles. The van der Waals surface area contributed by atoms with Crippen molar-refractivity contribution in [2.75, 3.05) is 18.6 Å². The number of carbonyl (C=O) groups excluding carboxylic acids is 3. The zero-order chi connectivity index (χ0) is 27.3. The summed E-state index contributed by atoms with van der Waals surface area (Å²) in [5.41, 5.74) is 1.00. The fourth-order valence-corrected chi connectivity index (χ4v) is 4.30. The topological polar surface area (TPSA) is 87.7 Å². The summed E-state index contributed by atoms with van der Waals surface area (Å²) in [6.45, 7) is 8.12. The Kier molecular flexibility index (Phi) is 12.5. The van der Waals surface area contributed by atoms with Gasteiger partial charge in [-0.2, -0.15) is 11.8 Å². The smallest absolute Gasteiger partial charge is 0.408 e. The molecule has 0 aromatic heterocycles. The first kappa shape index (κ1) is 30.2. The molecule has 0 aliphatic carbocycles. The van der Waals surface area contributed by atoms with Crippen LogP contribution in [0.5, 0.6) is 0 Å². The van der Waals surface area contributed by atoms with Crippen LogP contribution < -0.4 is 10.6 Å². The maximum atomic E-state index is 14.0. The van der Waals surface area contributed by atoms with Crippen LogP contribution in [0.1, 0.15) is 64.1 Å². The largest absolute Gasteiger partial charge is 0.444 e. The first-order valence-corrected chi connectivity index (χ1v) is 14.2. The number of amides is 3. The third kappa shape index (κ3) is 10.5. The molecule has 2 unspecified atom stereocenters. The predicted molar refractivity (Wildman–Crippen MR) is 150 cm³/mol. The standard InChI is InChI=1S/C29H41N3O4S/c1-6-7-19-32(27(34)24(18-20-37-5)31-28(35)36-29(2,3)4)25(23-16-12-9-13-17-23)26(33)30-21-22-14-10-8-11-15-22/h8-17,24-25H,6-7,18-21H2,1-5H3,(H,30,33)(H,31,35). The molecule has 2 aromatic carbocycles. The van der Waals surface area contributed by atoms with E-state index in [2.05, 4.69) is 10.6 Å². The first-order valence-electron chi connectivity index (χ1n) is 12.8. The molecular formula is C29H41N3O4S. The number of hydrogen-bond acceptors (Lipinski definition) is 5. The molecule has 2 atom stereocenters. The Morgan fingerprint density at radius 3 is 2.19 bits per heavy atom. The van der Waals surface area contributed by atoms with Crippen LogP contribution in [0.3, 0.4) is 0 Å². The molecule has 37 heavy (non-hydrogen) atoms. The summed E-state index contributed by atoms with van der Waals surface area (Å²) in [7, 11) is 0. The Morgan fingerprint density at radius 2 is 1.62 bits per heavy atom. The summed E-state index contributed by atoms with van der Waals surface area (Å²) in [6, 6.07) is 17.3. The molecule has 0 radical (unpaired) electrons. The molecule has 0 heterocycles. The van der Waals surface area contributed by atoms with Gasteiger partial charge in [-0.05, 0) is 56.7 Å². The molecule has 0 bridgehead atoms. The fraction of sp³-hybridized carbons (Fsp3) is 0.483. The van der Waals surface area contributed by atoms with Crippen molar-refractivity contribution in [1.82, 2.24) is 15.5 Å². The van der Waals surface area contributed by atoms with Gasteiger partial charge in [-0.1, -0.05) is 74.0 Å². The second-order valence-electron chi connectivity index (χ2n) is 9.88. The van der Waals surface area contributed by atoms with Gasteiger partial charge in [-0.15, -0.1) is 0 Å². The lowest BCUT2D eigenvalue weighted by Gasteiger charge is -2.34. The monoisotopic (exact) mass is 527 g/mol. The number of rotatable bonds is 13. The lowest BCUT2D eigenvalue weighted by molar-refractivity contribution is -0.142. The summed E-state index contributed by atoms with van der Waals surface area (Å²) < 4.78 is 5.43. The molecule has 0 fully saturated rings. The second-order valence-corrected chi connectivity index (χ2v) is 10.9. The van der Waals surface area contributed by atoms with Gasteiger partial charge in [0, 0.05) is 13.1 Å². The van der Waals surface area contributed by atoms with E-state index in [1.165, 1.54) is 0 Å². The van der Waals surface area contributed by atoms with Crippen LogP contribution in [0.25, 0.3) is 0 Å². The van der Waals surface area contributed by atoms with Gasteiger partial charge in [0.05, 0.1) is 0 Å². The molecule has 7 nitrogen and oxygen atoms in total. The van der Waals surface area contributed by atoms with Gasteiger partial charge < -0.3 is 20.3 Å². The molecule has 0 aliphatic rings. The summed E-state index contributed by atoms with van der Waals surface area (Å²) in [5, 5.41) is 5.79. The van der Waals surface area contributed by atoms with E-state index in [0.717, 1.165) is 24.0 Å². The SMILES string of the molecule is CCCCN(C(=O)C(CCSC)NC(=O)OC(C)(C)C)C(C(=O)NCc1ccccc1)c1ccccc1. The number of ether oxygens (including phenoxy) is 1. The van der Waals surface area contributed by atoms with E-state index in [0.29, 0.717) is 25.3 Å². The van der Waals surface area contributed by atoms with Gasteiger partial charge in [0.2, 0.25) is 11.8 Å². The molecule has 3 amide bonds. The third-order valence-corrected chi connectivity index (χ3v) is 6.26. The number of carbonyl (C=O) groups is 3.